The Bertz CT molecular complexity index is 1170. The highest BCUT2D eigenvalue weighted by Gasteiger charge is 2.38. The summed E-state index contributed by atoms with van der Waals surface area (Å²) in [5.74, 6) is -1.81. The minimum Gasteiger partial charge on any atom is -0.465 e. The van der Waals surface area contributed by atoms with Crippen LogP contribution in [0.2, 0.25) is 0 Å². The standard InChI is InChI=1S/C23H15NO5/c1-29-23(28)19-12-16(15-5-3-2-4-6-15)8-10-20(19)24-21(26)17-9-7-14(13-25)11-18(17)22(24)27/h2-13H,1H3. The Balaban J connectivity index is 1.84. The number of carbonyl (C=O) groups is 4. The van der Waals surface area contributed by atoms with Gasteiger partial charge in [-0.15, -0.1) is 0 Å². The van der Waals surface area contributed by atoms with Crippen LogP contribution in [0.1, 0.15) is 41.4 Å². The Kier molecular flexibility index (Phi) is 4.52. The monoisotopic (exact) mass is 385 g/mol. The van der Waals surface area contributed by atoms with Crippen molar-refractivity contribution in [3.8, 4) is 11.1 Å². The van der Waals surface area contributed by atoms with E-state index in [1.165, 1.54) is 25.3 Å². The van der Waals surface area contributed by atoms with Gasteiger partial charge in [-0.25, -0.2) is 9.69 Å². The molecule has 0 aromatic heterocycles. The molecular weight excluding hydrogens is 370 g/mol. The van der Waals surface area contributed by atoms with E-state index in [-0.39, 0.29) is 22.4 Å². The van der Waals surface area contributed by atoms with Crippen LogP contribution in [0.25, 0.3) is 11.1 Å². The van der Waals surface area contributed by atoms with Crippen molar-refractivity contribution in [1.29, 1.82) is 0 Å². The molecule has 0 unspecified atom stereocenters. The summed E-state index contributed by atoms with van der Waals surface area (Å²) in [6.07, 6.45) is 0.606. The highest BCUT2D eigenvalue weighted by Crippen LogP contribution is 2.34. The quantitative estimate of drug-likeness (QED) is 0.388. The number of fused-ring (bicyclic) bond motifs is 1. The summed E-state index contributed by atoms with van der Waals surface area (Å²) < 4.78 is 4.88. The number of carbonyl (C=O) groups excluding carboxylic acids is 4. The van der Waals surface area contributed by atoms with Crippen LogP contribution in [0, 0.1) is 0 Å². The highest BCUT2D eigenvalue weighted by molar-refractivity contribution is 6.35. The van der Waals surface area contributed by atoms with Crippen molar-refractivity contribution in [3.63, 3.8) is 0 Å². The minimum absolute atomic E-state index is 0.0963. The third kappa shape index (κ3) is 3.00. The van der Waals surface area contributed by atoms with Crippen molar-refractivity contribution in [2.75, 3.05) is 12.0 Å². The number of hydrogen-bond donors (Lipinski definition) is 0. The van der Waals surface area contributed by atoms with Gasteiger partial charge in [-0.1, -0.05) is 42.5 Å². The predicted octanol–water partition coefficient (Wildman–Crippen LogP) is 3.75. The number of nitrogens with zero attached hydrogens (tertiary/aromatic N) is 1. The average Bonchev–Trinajstić information content (AvgIpc) is 3.02. The third-order valence-corrected chi connectivity index (χ3v) is 4.80. The summed E-state index contributed by atoms with van der Waals surface area (Å²) in [7, 11) is 1.24. The number of amides is 2. The Morgan fingerprint density at radius 2 is 1.59 bits per heavy atom. The molecule has 142 valence electrons. The predicted molar refractivity (Wildman–Crippen MR) is 106 cm³/mol. The van der Waals surface area contributed by atoms with Gasteiger partial charge < -0.3 is 4.74 Å². The molecule has 0 spiro atoms. The summed E-state index contributed by atoms with van der Waals surface area (Å²) in [5, 5.41) is 0. The summed E-state index contributed by atoms with van der Waals surface area (Å²) in [4.78, 5) is 50.2. The number of esters is 1. The number of ether oxygens (including phenoxy) is 1. The molecule has 1 heterocycles. The average molecular weight is 385 g/mol. The maximum absolute atomic E-state index is 12.9. The second-order valence-corrected chi connectivity index (χ2v) is 6.46. The molecule has 4 rings (SSSR count). The van der Waals surface area contributed by atoms with Crippen LogP contribution in [0.15, 0.2) is 66.7 Å². The second-order valence-electron chi connectivity index (χ2n) is 6.46. The zero-order valence-corrected chi connectivity index (χ0v) is 15.4. The minimum atomic E-state index is -0.664. The topological polar surface area (TPSA) is 80.8 Å². The molecule has 0 saturated heterocycles. The number of aldehydes is 1. The smallest absolute Gasteiger partial charge is 0.340 e. The molecule has 1 aliphatic heterocycles. The summed E-state index contributed by atoms with van der Waals surface area (Å²) in [6, 6.07) is 18.6. The third-order valence-electron chi connectivity index (χ3n) is 4.80. The first-order chi connectivity index (χ1) is 14.0. The van der Waals surface area contributed by atoms with Crippen LogP contribution in [0.3, 0.4) is 0 Å². The molecular formula is C23H15NO5. The first kappa shape index (κ1) is 18.3. The van der Waals surface area contributed by atoms with Crippen LogP contribution < -0.4 is 4.90 Å². The van der Waals surface area contributed by atoms with Gasteiger partial charge in [-0.3, -0.25) is 14.4 Å². The normalized spacial score (nSPS) is 12.7. The number of imide groups is 1. The van der Waals surface area contributed by atoms with Crippen LogP contribution in [0.5, 0.6) is 0 Å². The van der Waals surface area contributed by atoms with Gasteiger partial charge in [0.1, 0.15) is 6.29 Å². The molecule has 1 aliphatic rings. The molecule has 0 radical (unpaired) electrons. The number of rotatable bonds is 4. The van der Waals surface area contributed by atoms with Crippen molar-refractivity contribution < 1.29 is 23.9 Å². The first-order valence-corrected chi connectivity index (χ1v) is 8.81. The molecule has 0 saturated carbocycles. The van der Waals surface area contributed by atoms with Crippen molar-refractivity contribution in [2.45, 2.75) is 0 Å². The fourth-order valence-electron chi connectivity index (χ4n) is 3.37. The van der Waals surface area contributed by atoms with E-state index in [0.717, 1.165) is 16.0 Å². The summed E-state index contributed by atoms with van der Waals surface area (Å²) >= 11 is 0. The summed E-state index contributed by atoms with van der Waals surface area (Å²) in [6.45, 7) is 0. The lowest BCUT2D eigenvalue weighted by Crippen LogP contribution is -2.31. The number of benzene rings is 3. The highest BCUT2D eigenvalue weighted by atomic mass is 16.5. The van der Waals surface area contributed by atoms with Gasteiger partial charge in [0.15, 0.2) is 0 Å². The number of methoxy groups -OCH3 is 1. The Hall–Kier alpha value is -4.06. The van der Waals surface area contributed by atoms with Gasteiger partial charge in [-0.2, -0.15) is 0 Å². The van der Waals surface area contributed by atoms with Crippen molar-refractivity contribution >= 4 is 29.8 Å². The fraction of sp³-hybridized carbons (Fsp3) is 0.0435. The van der Waals surface area contributed by atoms with E-state index in [2.05, 4.69) is 0 Å². The lowest BCUT2D eigenvalue weighted by molar-refractivity contribution is 0.0601. The molecule has 0 atom stereocenters. The lowest BCUT2D eigenvalue weighted by Gasteiger charge is -2.18. The Morgan fingerprint density at radius 3 is 2.28 bits per heavy atom. The van der Waals surface area contributed by atoms with E-state index in [4.69, 9.17) is 4.74 Å². The second kappa shape index (κ2) is 7.16. The van der Waals surface area contributed by atoms with Crippen LogP contribution in [-0.4, -0.2) is 31.2 Å². The zero-order valence-electron chi connectivity index (χ0n) is 15.4. The molecule has 6 heteroatoms. The van der Waals surface area contributed by atoms with E-state index in [1.807, 2.05) is 30.3 Å². The molecule has 0 fully saturated rings. The van der Waals surface area contributed by atoms with Crippen LogP contribution in [0.4, 0.5) is 5.69 Å². The zero-order chi connectivity index (χ0) is 20.5. The van der Waals surface area contributed by atoms with Crippen molar-refractivity contribution in [2.24, 2.45) is 0 Å². The molecule has 2 amide bonds. The first-order valence-electron chi connectivity index (χ1n) is 8.81. The molecule has 0 aliphatic carbocycles. The maximum atomic E-state index is 12.9. The largest absolute Gasteiger partial charge is 0.465 e. The van der Waals surface area contributed by atoms with Crippen molar-refractivity contribution in [3.05, 3.63) is 89.0 Å². The number of hydrogen-bond acceptors (Lipinski definition) is 5. The van der Waals surface area contributed by atoms with Gasteiger partial charge in [0.25, 0.3) is 11.8 Å². The van der Waals surface area contributed by atoms with E-state index < -0.39 is 17.8 Å². The van der Waals surface area contributed by atoms with E-state index in [0.29, 0.717) is 11.8 Å². The lowest BCUT2D eigenvalue weighted by atomic mass is 10.0. The Morgan fingerprint density at radius 1 is 0.862 bits per heavy atom. The molecule has 29 heavy (non-hydrogen) atoms. The molecule has 6 nitrogen and oxygen atoms in total. The maximum Gasteiger partial charge on any atom is 0.340 e. The van der Waals surface area contributed by atoms with E-state index in [9.17, 15) is 19.2 Å². The van der Waals surface area contributed by atoms with Crippen LogP contribution in [-0.2, 0) is 4.74 Å². The van der Waals surface area contributed by atoms with E-state index >= 15 is 0 Å². The Labute approximate surface area is 166 Å². The van der Waals surface area contributed by atoms with E-state index in [1.54, 1.807) is 18.2 Å². The molecule has 0 N–H and O–H groups in total. The van der Waals surface area contributed by atoms with Gasteiger partial charge in [-0.05, 0) is 35.4 Å². The van der Waals surface area contributed by atoms with Crippen LogP contribution >= 0.6 is 0 Å². The SMILES string of the molecule is COC(=O)c1cc(-c2ccccc2)ccc1N1C(=O)c2ccc(C=O)cc2C1=O. The molecule has 0 bridgehead atoms. The van der Waals surface area contributed by atoms with Gasteiger partial charge in [0.2, 0.25) is 0 Å². The van der Waals surface area contributed by atoms with Gasteiger partial charge >= 0.3 is 5.97 Å². The van der Waals surface area contributed by atoms with Crippen molar-refractivity contribution in [1.82, 2.24) is 0 Å². The fourth-order valence-corrected chi connectivity index (χ4v) is 3.37. The molecule has 3 aromatic carbocycles. The summed E-state index contributed by atoms with van der Waals surface area (Å²) in [5.41, 5.74) is 2.46. The number of anilines is 1. The van der Waals surface area contributed by atoms with Gasteiger partial charge in [0, 0.05) is 5.56 Å². The molecule has 3 aromatic rings. The van der Waals surface area contributed by atoms with Gasteiger partial charge in [0.05, 0.1) is 29.5 Å².